The topological polar surface area (TPSA) is 154 Å². The Bertz CT molecular complexity index is 1640. The van der Waals surface area contributed by atoms with Crippen LogP contribution in [0.1, 0.15) is 36.8 Å². The lowest BCUT2D eigenvalue weighted by molar-refractivity contribution is -0.137. The van der Waals surface area contributed by atoms with Crippen LogP contribution in [0.25, 0.3) is 11.4 Å². The standard InChI is InChI=1S/C35H40N6O7/c1-21(2)29(33(43)39-14-15-41(22(3)17-39)34(44)47-20-23-10-6-4-7-11-23)38-32(42)27-16-28(37-31(36-27)24-12-8-5-9-13-24)40-18-25-26(19-40)30(25)48-35(45)46/h4-13,16,21-22,25-26,29-30H,14-15,17-20H2,1-3H3,(H,38,42)(H,45,46)/t22-,25-,26+,29+,30-/m1/s1. The second-order valence-electron chi connectivity index (χ2n) is 12.9. The lowest BCUT2D eigenvalue weighted by atomic mass is 10.0. The minimum atomic E-state index is -1.28. The smallest absolute Gasteiger partial charge is 0.450 e. The van der Waals surface area contributed by atoms with Crippen LogP contribution in [0, 0.1) is 17.8 Å². The summed E-state index contributed by atoms with van der Waals surface area (Å²) in [7, 11) is 0. The predicted molar refractivity (Wildman–Crippen MR) is 175 cm³/mol. The number of piperazine rings is 1. The van der Waals surface area contributed by atoms with E-state index in [0.717, 1.165) is 11.1 Å². The van der Waals surface area contributed by atoms with Gasteiger partial charge in [-0.2, -0.15) is 0 Å². The number of benzene rings is 2. The summed E-state index contributed by atoms with van der Waals surface area (Å²) >= 11 is 0. The number of carboxylic acid groups (broad SMARTS) is 1. The molecule has 0 radical (unpaired) electrons. The number of carbonyl (C=O) groups excluding carboxylic acids is 3. The Balaban J connectivity index is 1.13. The molecule has 1 aromatic heterocycles. The quantitative estimate of drug-likeness (QED) is 0.324. The van der Waals surface area contributed by atoms with Crippen LogP contribution in [-0.4, -0.2) is 99.8 Å². The molecule has 2 N–H and O–H groups in total. The van der Waals surface area contributed by atoms with Gasteiger partial charge in [0.05, 0.1) is 0 Å². The summed E-state index contributed by atoms with van der Waals surface area (Å²) in [5, 5.41) is 11.9. The second-order valence-corrected chi connectivity index (χ2v) is 12.9. The fraction of sp³-hybridized carbons (Fsp3) is 0.429. The van der Waals surface area contributed by atoms with Gasteiger partial charge in [0.15, 0.2) is 5.82 Å². The Kier molecular flexibility index (Phi) is 9.47. The number of carbonyl (C=O) groups is 4. The van der Waals surface area contributed by atoms with Gasteiger partial charge in [-0.15, -0.1) is 0 Å². The van der Waals surface area contributed by atoms with E-state index in [1.54, 1.807) is 15.9 Å². The van der Waals surface area contributed by atoms with Gasteiger partial charge in [0.2, 0.25) is 5.91 Å². The highest BCUT2D eigenvalue weighted by molar-refractivity contribution is 5.97. The Morgan fingerprint density at radius 3 is 2.23 bits per heavy atom. The summed E-state index contributed by atoms with van der Waals surface area (Å²) in [6.45, 7) is 7.80. The molecule has 3 aromatic rings. The van der Waals surface area contributed by atoms with Gasteiger partial charge in [0.1, 0.15) is 30.3 Å². The maximum atomic E-state index is 13.8. The van der Waals surface area contributed by atoms with Crippen molar-refractivity contribution in [1.82, 2.24) is 25.1 Å². The molecule has 5 atom stereocenters. The second kappa shape index (κ2) is 13.9. The number of anilines is 1. The van der Waals surface area contributed by atoms with Crippen molar-refractivity contribution < 1.29 is 33.8 Å². The number of amides is 3. The predicted octanol–water partition coefficient (Wildman–Crippen LogP) is 3.90. The molecule has 252 valence electrons. The molecule has 2 saturated heterocycles. The van der Waals surface area contributed by atoms with Gasteiger partial charge in [-0.1, -0.05) is 74.5 Å². The molecule has 1 saturated carbocycles. The van der Waals surface area contributed by atoms with E-state index in [1.165, 1.54) is 0 Å². The number of ether oxygens (including phenoxy) is 2. The van der Waals surface area contributed by atoms with Crippen LogP contribution in [0.5, 0.6) is 0 Å². The van der Waals surface area contributed by atoms with Crippen molar-refractivity contribution in [2.24, 2.45) is 17.8 Å². The average molecular weight is 657 g/mol. The number of aromatic nitrogens is 2. The number of hydrogen-bond donors (Lipinski definition) is 2. The summed E-state index contributed by atoms with van der Waals surface area (Å²) in [5.74, 6) is 0.104. The third-order valence-corrected chi connectivity index (χ3v) is 9.25. The first kappa shape index (κ1) is 32.7. The zero-order chi connectivity index (χ0) is 33.9. The van der Waals surface area contributed by atoms with E-state index in [9.17, 15) is 19.2 Å². The summed E-state index contributed by atoms with van der Waals surface area (Å²) in [4.78, 5) is 66.1. The van der Waals surface area contributed by atoms with Gasteiger partial charge >= 0.3 is 12.2 Å². The van der Waals surface area contributed by atoms with Crippen molar-refractivity contribution in [1.29, 1.82) is 0 Å². The summed E-state index contributed by atoms with van der Waals surface area (Å²) in [6.07, 6.45) is -2.03. The van der Waals surface area contributed by atoms with Gasteiger partial charge in [0.25, 0.3) is 5.91 Å². The molecule has 0 spiro atoms. The summed E-state index contributed by atoms with van der Waals surface area (Å²) in [5.41, 5.74) is 1.75. The maximum Gasteiger partial charge on any atom is 0.506 e. The van der Waals surface area contributed by atoms with Crippen LogP contribution in [0.15, 0.2) is 66.7 Å². The first-order valence-electron chi connectivity index (χ1n) is 16.2. The normalized spacial score (nSPS) is 22.1. The Hall–Kier alpha value is -5.20. The van der Waals surface area contributed by atoms with Gasteiger partial charge < -0.3 is 34.6 Å². The van der Waals surface area contributed by atoms with E-state index in [2.05, 4.69) is 10.3 Å². The largest absolute Gasteiger partial charge is 0.506 e. The average Bonchev–Trinajstić information content (AvgIpc) is 3.50. The lowest BCUT2D eigenvalue weighted by Crippen LogP contribution is -2.60. The summed E-state index contributed by atoms with van der Waals surface area (Å²) < 4.78 is 10.5. The first-order valence-corrected chi connectivity index (χ1v) is 16.2. The number of nitrogens with zero attached hydrogens (tertiary/aromatic N) is 5. The Morgan fingerprint density at radius 2 is 1.60 bits per heavy atom. The van der Waals surface area contributed by atoms with E-state index in [-0.39, 0.29) is 48.1 Å². The highest BCUT2D eigenvalue weighted by Gasteiger charge is 2.59. The molecule has 0 unspecified atom stereocenters. The number of piperidine rings is 1. The SMILES string of the molecule is CC(C)[C@H](NC(=O)c1cc(N2C[C@@H]3[C@H](C2)[C@@H]3OC(=O)O)nc(-c2ccccc2)n1)C(=O)N1CCN(C(=O)OCc2ccccc2)[C@H](C)C1. The molecule has 1 aliphatic carbocycles. The molecule has 13 heteroatoms. The molecule has 48 heavy (non-hydrogen) atoms. The van der Waals surface area contributed by atoms with Crippen molar-refractivity contribution in [3.63, 3.8) is 0 Å². The van der Waals surface area contributed by atoms with Crippen molar-refractivity contribution in [2.75, 3.05) is 37.6 Å². The van der Waals surface area contributed by atoms with Gasteiger partial charge in [0, 0.05) is 62.2 Å². The third kappa shape index (κ3) is 7.19. The highest BCUT2D eigenvalue weighted by Crippen LogP contribution is 2.48. The Morgan fingerprint density at radius 1 is 0.938 bits per heavy atom. The van der Waals surface area contributed by atoms with Gasteiger partial charge in [-0.25, -0.2) is 19.6 Å². The van der Waals surface area contributed by atoms with Crippen molar-refractivity contribution >= 4 is 29.9 Å². The van der Waals surface area contributed by atoms with E-state index >= 15 is 0 Å². The molecule has 6 rings (SSSR count). The molecule has 3 amide bonds. The number of rotatable bonds is 9. The minimum absolute atomic E-state index is 0.0741. The lowest BCUT2D eigenvalue weighted by Gasteiger charge is -2.40. The fourth-order valence-corrected chi connectivity index (χ4v) is 6.54. The van der Waals surface area contributed by atoms with E-state index in [4.69, 9.17) is 19.6 Å². The van der Waals surface area contributed by atoms with E-state index in [0.29, 0.717) is 44.4 Å². The molecule has 2 aliphatic heterocycles. The van der Waals surface area contributed by atoms with Crippen LogP contribution in [0.3, 0.4) is 0 Å². The number of fused-ring (bicyclic) bond motifs is 1. The van der Waals surface area contributed by atoms with E-state index in [1.807, 2.05) is 86.3 Å². The van der Waals surface area contributed by atoms with E-state index < -0.39 is 24.2 Å². The van der Waals surface area contributed by atoms with Crippen LogP contribution >= 0.6 is 0 Å². The molecule has 3 fully saturated rings. The number of hydrogen-bond acceptors (Lipinski definition) is 9. The molecule has 3 heterocycles. The zero-order valence-corrected chi connectivity index (χ0v) is 27.2. The molecule has 2 aromatic carbocycles. The number of nitrogens with one attached hydrogen (secondary N) is 1. The molecular weight excluding hydrogens is 616 g/mol. The molecular formula is C35H40N6O7. The van der Waals surface area contributed by atoms with Gasteiger partial charge in [-0.3, -0.25) is 9.59 Å². The maximum absolute atomic E-state index is 13.8. The molecule has 0 bridgehead atoms. The highest BCUT2D eigenvalue weighted by atomic mass is 16.7. The van der Waals surface area contributed by atoms with Gasteiger partial charge in [-0.05, 0) is 18.4 Å². The van der Waals surface area contributed by atoms with Crippen molar-refractivity contribution in [3.05, 3.63) is 78.0 Å². The monoisotopic (exact) mass is 656 g/mol. The van der Waals surface area contributed by atoms with Crippen molar-refractivity contribution in [3.8, 4) is 11.4 Å². The van der Waals surface area contributed by atoms with Crippen LogP contribution in [0.4, 0.5) is 15.4 Å². The van der Waals surface area contributed by atoms with Crippen LogP contribution in [-0.2, 0) is 20.9 Å². The fourth-order valence-electron chi connectivity index (χ4n) is 6.54. The van der Waals surface area contributed by atoms with Crippen LogP contribution < -0.4 is 10.2 Å². The third-order valence-electron chi connectivity index (χ3n) is 9.25. The minimum Gasteiger partial charge on any atom is -0.450 e. The first-order chi connectivity index (χ1) is 23.1. The summed E-state index contributed by atoms with van der Waals surface area (Å²) in [6, 6.07) is 19.3. The van der Waals surface area contributed by atoms with Crippen molar-refractivity contribution in [2.45, 2.75) is 45.6 Å². The molecule has 3 aliphatic rings. The zero-order valence-electron chi connectivity index (χ0n) is 27.2. The molecule has 13 nitrogen and oxygen atoms in total. The Labute approximate surface area is 278 Å². The van der Waals surface area contributed by atoms with Crippen LogP contribution in [0.2, 0.25) is 0 Å².